The first-order valence-electron chi connectivity index (χ1n) is 2.80. The summed E-state index contributed by atoms with van der Waals surface area (Å²) in [5, 5.41) is 8.29. The van der Waals surface area contributed by atoms with Gasteiger partial charge < -0.3 is 5.11 Å². The molecule has 3 heteroatoms. The number of aliphatic hydroxyl groups is 1. The molecule has 3 nitrogen and oxygen atoms in total. The largest absolute Gasteiger partial charge is 0.396 e. The van der Waals surface area contributed by atoms with E-state index in [-0.39, 0.29) is 13.2 Å². The lowest BCUT2D eigenvalue weighted by Gasteiger charge is -1.98. The fourth-order valence-corrected chi connectivity index (χ4v) is 0.316. The molecule has 0 aromatic carbocycles. The minimum Gasteiger partial charge on any atom is -0.396 e. The van der Waals surface area contributed by atoms with Crippen molar-refractivity contribution in [2.75, 3.05) is 19.8 Å². The maximum atomic E-state index is 8.29. The van der Waals surface area contributed by atoms with Crippen molar-refractivity contribution < 1.29 is 9.94 Å². The number of hydrogen-bond acceptors (Lipinski definition) is 3. The van der Waals surface area contributed by atoms with Gasteiger partial charge in [-0.3, -0.25) is 4.84 Å². The van der Waals surface area contributed by atoms with Crippen LogP contribution in [-0.4, -0.2) is 24.9 Å². The van der Waals surface area contributed by atoms with Crippen molar-refractivity contribution in [1.29, 1.82) is 0 Å². The Bertz CT molecular complexity index is 87.5. The molecule has 0 atom stereocenters. The molecule has 0 radical (unpaired) electrons. The van der Waals surface area contributed by atoms with Crippen LogP contribution < -0.4 is 5.48 Å². The predicted octanol–water partition coefficient (Wildman–Crippen LogP) is -0.477. The Morgan fingerprint density at radius 1 is 1.67 bits per heavy atom. The van der Waals surface area contributed by atoms with Crippen LogP contribution in [-0.2, 0) is 4.84 Å². The molecule has 0 aromatic rings. The molecule has 0 unspecified atom stereocenters. The topological polar surface area (TPSA) is 41.5 Å². The van der Waals surface area contributed by atoms with Crippen LogP contribution in [0.1, 0.15) is 6.42 Å². The normalized spacial score (nSPS) is 8.89. The third-order valence-electron chi connectivity index (χ3n) is 0.695. The highest BCUT2D eigenvalue weighted by Gasteiger charge is 1.82. The van der Waals surface area contributed by atoms with Crippen molar-refractivity contribution in [3.05, 3.63) is 0 Å². The number of hydrogen-bond donors (Lipinski definition) is 2. The number of aliphatic hydroxyl groups excluding tert-OH is 1. The van der Waals surface area contributed by atoms with E-state index in [0.717, 1.165) is 0 Å². The first-order valence-corrected chi connectivity index (χ1v) is 2.80. The predicted molar refractivity (Wildman–Crippen MR) is 34.5 cm³/mol. The van der Waals surface area contributed by atoms with Crippen molar-refractivity contribution in [1.82, 2.24) is 5.48 Å². The third kappa shape index (κ3) is 7.44. The molecule has 9 heavy (non-hydrogen) atoms. The van der Waals surface area contributed by atoms with Crippen molar-refractivity contribution in [3.8, 4) is 12.3 Å². The van der Waals surface area contributed by atoms with Gasteiger partial charge >= 0.3 is 0 Å². The summed E-state index contributed by atoms with van der Waals surface area (Å²) in [5.41, 5.74) is 2.58. The molecule has 0 aliphatic carbocycles. The van der Waals surface area contributed by atoms with Crippen LogP contribution in [0.15, 0.2) is 0 Å². The Balaban J connectivity index is 2.69. The molecule has 0 aliphatic rings. The molecule has 0 fully saturated rings. The zero-order valence-corrected chi connectivity index (χ0v) is 5.26. The highest BCUT2D eigenvalue weighted by molar-refractivity contribution is 4.82. The van der Waals surface area contributed by atoms with E-state index in [4.69, 9.17) is 11.5 Å². The van der Waals surface area contributed by atoms with Crippen molar-refractivity contribution in [2.45, 2.75) is 6.42 Å². The van der Waals surface area contributed by atoms with Crippen LogP contribution in [0, 0.1) is 12.3 Å². The summed E-state index contributed by atoms with van der Waals surface area (Å²) in [6.45, 7) is 1.08. The molecule has 0 amide bonds. The average molecular weight is 129 g/mol. The molecule has 52 valence electrons. The monoisotopic (exact) mass is 129 g/mol. The third-order valence-corrected chi connectivity index (χ3v) is 0.695. The molecule has 0 spiro atoms. The van der Waals surface area contributed by atoms with Gasteiger partial charge in [0.05, 0.1) is 0 Å². The van der Waals surface area contributed by atoms with Crippen LogP contribution in [0.3, 0.4) is 0 Å². The SMILES string of the molecule is C#CCONCCCO. The Labute approximate surface area is 55.0 Å². The lowest BCUT2D eigenvalue weighted by Crippen LogP contribution is -2.16. The van der Waals surface area contributed by atoms with Gasteiger partial charge in [-0.2, -0.15) is 0 Å². The summed E-state index contributed by atoms with van der Waals surface area (Å²) in [5.74, 6) is 2.30. The number of rotatable bonds is 5. The smallest absolute Gasteiger partial charge is 0.128 e. The Kier molecular flexibility index (Phi) is 6.98. The van der Waals surface area contributed by atoms with Crippen LogP contribution in [0.2, 0.25) is 0 Å². The summed E-state index contributed by atoms with van der Waals surface area (Å²) in [6, 6.07) is 0. The molecule has 2 N–H and O–H groups in total. The Hall–Kier alpha value is -0.560. The zero-order valence-electron chi connectivity index (χ0n) is 5.26. The lowest BCUT2D eigenvalue weighted by molar-refractivity contribution is 0.0622. The van der Waals surface area contributed by atoms with Crippen LogP contribution in [0.25, 0.3) is 0 Å². The minimum absolute atomic E-state index is 0.173. The summed E-state index contributed by atoms with van der Waals surface area (Å²) in [4.78, 5) is 4.69. The summed E-state index contributed by atoms with van der Waals surface area (Å²) in [6.07, 6.45) is 5.56. The quantitative estimate of drug-likeness (QED) is 0.299. The summed E-state index contributed by atoms with van der Waals surface area (Å²) in [7, 11) is 0. The van der Waals surface area contributed by atoms with Crippen molar-refractivity contribution in [3.63, 3.8) is 0 Å². The van der Waals surface area contributed by atoms with Gasteiger partial charge in [0.2, 0.25) is 0 Å². The van der Waals surface area contributed by atoms with E-state index < -0.39 is 0 Å². The highest BCUT2D eigenvalue weighted by atomic mass is 16.6. The highest BCUT2D eigenvalue weighted by Crippen LogP contribution is 1.71. The molecule has 0 aliphatic heterocycles. The van der Waals surface area contributed by atoms with E-state index in [9.17, 15) is 0 Å². The van der Waals surface area contributed by atoms with E-state index in [0.29, 0.717) is 13.0 Å². The molecular formula is C6H11NO2. The molecule has 0 aromatic heterocycles. The summed E-state index contributed by atoms with van der Waals surface area (Å²) < 4.78 is 0. The fourth-order valence-electron chi connectivity index (χ4n) is 0.316. The molecule has 0 bridgehead atoms. The Morgan fingerprint density at radius 2 is 2.44 bits per heavy atom. The number of terminal acetylenes is 1. The molecule has 0 rings (SSSR count). The average Bonchev–Trinajstić information content (AvgIpc) is 1.89. The molecule has 0 saturated heterocycles. The zero-order chi connectivity index (χ0) is 6.95. The first-order chi connectivity index (χ1) is 4.41. The van der Waals surface area contributed by atoms with Crippen molar-refractivity contribution >= 4 is 0 Å². The summed E-state index contributed by atoms with van der Waals surface area (Å²) >= 11 is 0. The van der Waals surface area contributed by atoms with Crippen molar-refractivity contribution in [2.24, 2.45) is 0 Å². The molecule has 0 saturated carbocycles. The van der Waals surface area contributed by atoms with E-state index >= 15 is 0 Å². The van der Waals surface area contributed by atoms with Crippen LogP contribution in [0.5, 0.6) is 0 Å². The van der Waals surface area contributed by atoms with Gasteiger partial charge in [-0.05, 0) is 6.42 Å². The second-order valence-electron chi connectivity index (χ2n) is 1.46. The van der Waals surface area contributed by atoms with E-state index in [1.165, 1.54) is 0 Å². The molecular weight excluding hydrogens is 118 g/mol. The van der Waals surface area contributed by atoms with Gasteiger partial charge in [-0.1, -0.05) is 5.92 Å². The Morgan fingerprint density at radius 3 is 3.00 bits per heavy atom. The minimum atomic E-state index is 0.173. The second-order valence-corrected chi connectivity index (χ2v) is 1.46. The van der Waals surface area contributed by atoms with Crippen LogP contribution in [0.4, 0.5) is 0 Å². The molecule has 0 heterocycles. The standard InChI is InChI=1S/C6H11NO2/c1-2-6-9-7-4-3-5-8/h1,7-8H,3-6H2. The first kappa shape index (κ1) is 8.44. The number of nitrogens with one attached hydrogen (secondary N) is 1. The van der Waals surface area contributed by atoms with Gasteiger partial charge in [0, 0.05) is 13.2 Å². The van der Waals surface area contributed by atoms with Gasteiger partial charge in [-0.25, -0.2) is 5.48 Å². The maximum Gasteiger partial charge on any atom is 0.128 e. The second kappa shape index (κ2) is 7.44. The van der Waals surface area contributed by atoms with E-state index in [2.05, 4.69) is 16.2 Å². The maximum absolute atomic E-state index is 8.29. The van der Waals surface area contributed by atoms with Crippen LogP contribution >= 0.6 is 0 Å². The van der Waals surface area contributed by atoms with Gasteiger partial charge in [-0.15, -0.1) is 6.42 Å². The van der Waals surface area contributed by atoms with Gasteiger partial charge in [0.1, 0.15) is 6.61 Å². The fraction of sp³-hybridized carbons (Fsp3) is 0.667. The van der Waals surface area contributed by atoms with E-state index in [1.54, 1.807) is 0 Å². The van der Waals surface area contributed by atoms with Gasteiger partial charge in [0.25, 0.3) is 0 Å². The lowest BCUT2D eigenvalue weighted by atomic mass is 10.5. The van der Waals surface area contributed by atoms with Gasteiger partial charge in [0.15, 0.2) is 0 Å². The van der Waals surface area contributed by atoms with E-state index in [1.807, 2.05) is 0 Å². The number of hydroxylamine groups is 1.